The average Bonchev–Trinajstić information content (AvgIpc) is 2.89. The summed E-state index contributed by atoms with van der Waals surface area (Å²) in [5, 5.41) is 1.54. The van der Waals surface area contributed by atoms with Gasteiger partial charge in [-0.2, -0.15) is 0 Å². The zero-order valence-electron chi connectivity index (χ0n) is 13.0. The van der Waals surface area contributed by atoms with E-state index >= 15 is 0 Å². The van der Waals surface area contributed by atoms with Crippen LogP contribution in [0.25, 0.3) is 0 Å². The van der Waals surface area contributed by atoms with E-state index in [-0.39, 0.29) is 13.0 Å². The van der Waals surface area contributed by atoms with Crippen molar-refractivity contribution in [2.75, 3.05) is 17.8 Å². The highest BCUT2D eigenvalue weighted by molar-refractivity contribution is 8.00. The lowest BCUT2D eigenvalue weighted by atomic mass is 10.1. The van der Waals surface area contributed by atoms with Crippen molar-refractivity contribution in [3.05, 3.63) is 57.0 Å². The topological polar surface area (TPSA) is 15.3 Å². The van der Waals surface area contributed by atoms with Crippen LogP contribution in [0.15, 0.2) is 41.3 Å². The maximum absolute atomic E-state index is 13.4. The van der Waals surface area contributed by atoms with Gasteiger partial charge in [0.25, 0.3) is 5.92 Å². The van der Waals surface area contributed by atoms with Gasteiger partial charge < -0.3 is 4.72 Å². The van der Waals surface area contributed by atoms with Crippen molar-refractivity contribution < 1.29 is 8.78 Å². The fourth-order valence-corrected chi connectivity index (χ4v) is 3.88. The zero-order chi connectivity index (χ0) is 18.0. The van der Waals surface area contributed by atoms with Gasteiger partial charge in [0, 0.05) is 29.4 Å². The van der Waals surface area contributed by atoms with E-state index in [0.717, 1.165) is 16.1 Å². The molecule has 3 rings (SSSR count). The van der Waals surface area contributed by atoms with E-state index in [2.05, 4.69) is 4.72 Å². The van der Waals surface area contributed by atoms with Gasteiger partial charge in [-0.1, -0.05) is 40.9 Å². The Hall–Kier alpha value is -0.720. The number of nitrogens with zero attached hydrogens (tertiary/aromatic N) is 1. The molecular formula is C17H15Cl3F2N2S. The van der Waals surface area contributed by atoms with Gasteiger partial charge in [-0.05, 0) is 47.8 Å². The summed E-state index contributed by atoms with van der Waals surface area (Å²) in [5.41, 5.74) is 1.70. The molecule has 2 aromatic carbocycles. The number of nitrogens with one attached hydrogen (secondary N) is 1. The molecule has 2 nitrogen and oxygen atoms in total. The van der Waals surface area contributed by atoms with Crippen molar-refractivity contribution in [3.8, 4) is 0 Å². The molecule has 0 spiro atoms. The van der Waals surface area contributed by atoms with Crippen LogP contribution in [0.2, 0.25) is 15.1 Å². The molecule has 0 bridgehead atoms. The van der Waals surface area contributed by atoms with Crippen LogP contribution in [0.4, 0.5) is 14.5 Å². The minimum atomic E-state index is -2.60. The van der Waals surface area contributed by atoms with E-state index in [1.54, 1.807) is 29.2 Å². The predicted molar refractivity (Wildman–Crippen MR) is 102 cm³/mol. The Bertz CT molecular complexity index is 774. The Kier molecular flexibility index (Phi) is 6.01. The van der Waals surface area contributed by atoms with Crippen LogP contribution in [0.1, 0.15) is 12.0 Å². The number of hydrogen-bond acceptors (Lipinski definition) is 3. The first-order valence-electron chi connectivity index (χ1n) is 7.59. The molecule has 8 heteroatoms. The number of likely N-dealkylation sites (tertiary alicyclic amines) is 1. The minimum Gasteiger partial charge on any atom is -0.325 e. The van der Waals surface area contributed by atoms with Crippen LogP contribution in [-0.2, 0) is 6.54 Å². The highest BCUT2D eigenvalue weighted by atomic mass is 35.5. The van der Waals surface area contributed by atoms with Crippen molar-refractivity contribution in [2.45, 2.75) is 23.8 Å². The number of benzene rings is 2. The lowest BCUT2D eigenvalue weighted by Crippen LogP contribution is -2.25. The van der Waals surface area contributed by atoms with E-state index in [1.165, 1.54) is 11.9 Å². The summed E-state index contributed by atoms with van der Waals surface area (Å²) in [5.74, 6) is -2.60. The highest BCUT2D eigenvalue weighted by Crippen LogP contribution is 2.33. The van der Waals surface area contributed by atoms with E-state index in [0.29, 0.717) is 28.2 Å². The Morgan fingerprint density at radius 3 is 2.56 bits per heavy atom. The molecule has 1 heterocycles. The van der Waals surface area contributed by atoms with Crippen LogP contribution in [0.3, 0.4) is 0 Å². The number of halogens is 5. The van der Waals surface area contributed by atoms with E-state index in [4.69, 9.17) is 34.8 Å². The van der Waals surface area contributed by atoms with Gasteiger partial charge in [0.2, 0.25) is 0 Å². The first-order valence-corrected chi connectivity index (χ1v) is 9.54. The summed E-state index contributed by atoms with van der Waals surface area (Å²) in [6.45, 7) is 0.612. The van der Waals surface area contributed by atoms with Crippen LogP contribution in [-0.4, -0.2) is 23.9 Å². The summed E-state index contributed by atoms with van der Waals surface area (Å²) >= 11 is 19.4. The van der Waals surface area contributed by atoms with E-state index in [1.807, 2.05) is 12.1 Å². The summed E-state index contributed by atoms with van der Waals surface area (Å²) in [4.78, 5) is 2.63. The van der Waals surface area contributed by atoms with Crippen LogP contribution in [0.5, 0.6) is 0 Å². The third-order valence-corrected chi connectivity index (χ3v) is 5.67. The second kappa shape index (κ2) is 7.89. The second-order valence-electron chi connectivity index (χ2n) is 5.90. The van der Waals surface area contributed by atoms with Gasteiger partial charge >= 0.3 is 0 Å². The number of rotatable bonds is 5. The van der Waals surface area contributed by atoms with Crippen molar-refractivity contribution in [1.29, 1.82) is 0 Å². The SMILES string of the molecule is FC1(F)CCN(Cc2ccc(Cl)cc2NSc2ccc(Cl)c(Cl)c2)C1. The maximum atomic E-state index is 13.4. The first-order chi connectivity index (χ1) is 11.8. The molecule has 25 heavy (non-hydrogen) atoms. The lowest BCUT2D eigenvalue weighted by molar-refractivity contribution is 0.0115. The molecule has 0 aromatic heterocycles. The molecule has 0 aliphatic carbocycles. The highest BCUT2D eigenvalue weighted by Gasteiger charge is 2.38. The Balaban J connectivity index is 1.71. The van der Waals surface area contributed by atoms with Gasteiger partial charge in [-0.15, -0.1) is 0 Å². The Morgan fingerprint density at radius 2 is 1.88 bits per heavy atom. The van der Waals surface area contributed by atoms with Crippen molar-refractivity contribution in [2.24, 2.45) is 0 Å². The molecule has 1 saturated heterocycles. The summed E-state index contributed by atoms with van der Waals surface area (Å²) < 4.78 is 30.0. The summed E-state index contributed by atoms with van der Waals surface area (Å²) in [6.07, 6.45) is -0.0959. The van der Waals surface area contributed by atoms with Crippen LogP contribution < -0.4 is 4.72 Å². The van der Waals surface area contributed by atoms with Gasteiger partial charge in [0.15, 0.2) is 0 Å². The first kappa shape index (κ1) is 19.1. The lowest BCUT2D eigenvalue weighted by Gasteiger charge is -2.19. The minimum absolute atomic E-state index is 0.0959. The molecule has 0 amide bonds. The van der Waals surface area contributed by atoms with Crippen molar-refractivity contribution in [3.63, 3.8) is 0 Å². The smallest absolute Gasteiger partial charge is 0.261 e. The molecule has 2 aromatic rings. The predicted octanol–water partition coefficient (Wildman–Crippen LogP) is 6.61. The third kappa shape index (κ3) is 5.14. The monoisotopic (exact) mass is 422 g/mol. The zero-order valence-corrected chi connectivity index (χ0v) is 16.1. The molecule has 0 radical (unpaired) electrons. The fourth-order valence-electron chi connectivity index (χ4n) is 2.62. The van der Waals surface area contributed by atoms with E-state index in [9.17, 15) is 8.78 Å². The Morgan fingerprint density at radius 1 is 1.08 bits per heavy atom. The standard InChI is InChI=1S/C17H15Cl3F2N2S/c18-12-2-1-11(9-24-6-5-17(21,22)10-24)16(7-12)23-25-13-3-4-14(19)15(20)8-13/h1-4,7-8,23H,5-6,9-10H2. The molecule has 1 N–H and O–H groups in total. The number of hydrogen-bond donors (Lipinski definition) is 1. The molecule has 0 atom stereocenters. The van der Waals surface area contributed by atoms with Crippen molar-refractivity contribution in [1.82, 2.24) is 4.90 Å². The Labute approximate surface area is 164 Å². The van der Waals surface area contributed by atoms with Crippen molar-refractivity contribution >= 4 is 52.4 Å². The molecular weight excluding hydrogens is 409 g/mol. The molecule has 1 aliphatic heterocycles. The molecule has 1 aliphatic rings. The number of anilines is 1. The van der Waals surface area contributed by atoms with Crippen LogP contribution >= 0.6 is 46.8 Å². The summed E-state index contributed by atoms with van der Waals surface area (Å²) in [6, 6.07) is 10.7. The average molecular weight is 424 g/mol. The van der Waals surface area contributed by atoms with Gasteiger partial charge in [0.05, 0.1) is 22.3 Å². The summed E-state index contributed by atoms with van der Waals surface area (Å²) in [7, 11) is 0. The quantitative estimate of drug-likeness (QED) is 0.545. The van der Waals surface area contributed by atoms with Gasteiger partial charge in [0.1, 0.15) is 0 Å². The van der Waals surface area contributed by atoms with Gasteiger partial charge in [-0.3, -0.25) is 4.90 Å². The molecule has 1 fully saturated rings. The maximum Gasteiger partial charge on any atom is 0.261 e. The van der Waals surface area contributed by atoms with E-state index < -0.39 is 5.92 Å². The largest absolute Gasteiger partial charge is 0.325 e. The molecule has 0 unspecified atom stereocenters. The number of alkyl halides is 2. The van der Waals surface area contributed by atoms with Crippen LogP contribution in [0, 0.1) is 0 Å². The third-order valence-electron chi connectivity index (χ3n) is 3.88. The van der Waals surface area contributed by atoms with Gasteiger partial charge in [-0.25, -0.2) is 8.78 Å². The second-order valence-corrected chi connectivity index (χ2v) is 8.03. The normalized spacial score (nSPS) is 17.0. The molecule has 134 valence electrons. The molecule has 0 saturated carbocycles. The fraction of sp³-hybridized carbons (Fsp3) is 0.294.